The molecule has 7 heteroatoms. The van der Waals surface area contributed by atoms with Crippen LogP contribution in [0.15, 0.2) is 12.4 Å². The Morgan fingerprint density at radius 3 is 2.68 bits per heavy atom. The highest BCUT2D eigenvalue weighted by atomic mass is 32.1. The van der Waals surface area contributed by atoms with Gasteiger partial charge in [0, 0.05) is 31.1 Å². The molecule has 6 nitrogen and oxygen atoms in total. The summed E-state index contributed by atoms with van der Waals surface area (Å²) in [6, 6.07) is 2.15. The molecule has 22 heavy (non-hydrogen) atoms. The standard InChI is InChI=1S/C15H21N5OS/c1-11-8-12-14(16-10-17-15(12)22-11)20-6-4-19(5-7-20)13(21)9-18(2)3/h8,10H,4-7,9H2,1-3H3. The summed E-state index contributed by atoms with van der Waals surface area (Å²) in [5, 5.41) is 1.12. The van der Waals surface area contributed by atoms with Gasteiger partial charge in [-0.25, -0.2) is 9.97 Å². The number of thiophene rings is 1. The number of carbonyl (C=O) groups excluding carboxylic acids is 1. The van der Waals surface area contributed by atoms with Crippen LogP contribution in [0.1, 0.15) is 4.88 Å². The van der Waals surface area contributed by atoms with Gasteiger partial charge in [-0.15, -0.1) is 11.3 Å². The molecule has 3 heterocycles. The van der Waals surface area contributed by atoms with Gasteiger partial charge >= 0.3 is 0 Å². The van der Waals surface area contributed by atoms with Crippen molar-refractivity contribution >= 4 is 33.3 Å². The van der Waals surface area contributed by atoms with Crippen LogP contribution in [0.3, 0.4) is 0 Å². The predicted octanol–water partition coefficient (Wildman–Crippen LogP) is 1.21. The molecular formula is C15H21N5OS. The number of nitrogens with zero attached hydrogens (tertiary/aromatic N) is 5. The summed E-state index contributed by atoms with van der Waals surface area (Å²) in [5.74, 6) is 1.19. The smallest absolute Gasteiger partial charge is 0.236 e. The minimum atomic E-state index is 0.198. The van der Waals surface area contributed by atoms with Gasteiger partial charge in [0.15, 0.2) is 0 Å². The minimum Gasteiger partial charge on any atom is -0.352 e. The predicted molar refractivity (Wildman–Crippen MR) is 89.5 cm³/mol. The molecule has 3 rings (SSSR count). The van der Waals surface area contributed by atoms with Crippen molar-refractivity contribution in [1.29, 1.82) is 0 Å². The fourth-order valence-electron chi connectivity index (χ4n) is 2.75. The van der Waals surface area contributed by atoms with Crippen LogP contribution in [0.25, 0.3) is 10.2 Å². The van der Waals surface area contributed by atoms with E-state index in [4.69, 9.17) is 0 Å². The van der Waals surface area contributed by atoms with E-state index in [9.17, 15) is 4.79 Å². The minimum absolute atomic E-state index is 0.198. The van der Waals surface area contributed by atoms with Crippen molar-refractivity contribution in [3.63, 3.8) is 0 Å². The van der Waals surface area contributed by atoms with Crippen molar-refractivity contribution in [2.24, 2.45) is 0 Å². The zero-order chi connectivity index (χ0) is 15.7. The van der Waals surface area contributed by atoms with E-state index in [1.807, 2.05) is 23.9 Å². The van der Waals surface area contributed by atoms with Crippen molar-refractivity contribution in [3.8, 4) is 0 Å². The van der Waals surface area contributed by atoms with Gasteiger partial charge < -0.3 is 14.7 Å². The Bertz CT molecular complexity index is 676. The number of fused-ring (bicyclic) bond motifs is 1. The van der Waals surface area contributed by atoms with Crippen LogP contribution in [-0.2, 0) is 4.79 Å². The Kier molecular flexibility index (Phi) is 4.26. The maximum Gasteiger partial charge on any atom is 0.236 e. The summed E-state index contributed by atoms with van der Waals surface area (Å²) in [7, 11) is 3.84. The topological polar surface area (TPSA) is 52.6 Å². The van der Waals surface area contributed by atoms with Gasteiger partial charge in [0.05, 0.1) is 11.9 Å². The SMILES string of the molecule is Cc1cc2c(N3CCN(C(=O)CN(C)C)CC3)ncnc2s1. The maximum absolute atomic E-state index is 12.1. The number of rotatable bonds is 3. The Morgan fingerprint density at radius 2 is 2.00 bits per heavy atom. The number of piperazine rings is 1. The summed E-state index contributed by atoms with van der Waals surface area (Å²) >= 11 is 1.69. The van der Waals surface area contributed by atoms with Crippen molar-refractivity contribution in [3.05, 3.63) is 17.3 Å². The average molecular weight is 319 g/mol. The van der Waals surface area contributed by atoms with E-state index < -0.39 is 0 Å². The van der Waals surface area contributed by atoms with Gasteiger partial charge in [0.1, 0.15) is 17.0 Å². The number of amides is 1. The van der Waals surface area contributed by atoms with Crippen molar-refractivity contribution < 1.29 is 4.79 Å². The van der Waals surface area contributed by atoms with E-state index in [0.717, 1.165) is 42.2 Å². The van der Waals surface area contributed by atoms with Crippen LogP contribution in [0, 0.1) is 6.92 Å². The van der Waals surface area contributed by atoms with Crippen molar-refractivity contribution in [1.82, 2.24) is 19.8 Å². The number of aryl methyl sites for hydroxylation is 1. The Balaban J connectivity index is 1.72. The fourth-order valence-corrected chi connectivity index (χ4v) is 3.60. The van der Waals surface area contributed by atoms with Gasteiger partial charge in [0.2, 0.25) is 5.91 Å². The molecule has 1 aliphatic rings. The zero-order valence-corrected chi connectivity index (χ0v) is 14.1. The van der Waals surface area contributed by atoms with Gasteiger partial charge in [-0.05, 0) is 27.1 Å². The number of hydrogen-bond donors (Lipinski definition) is 0. The molecule has 1 aliphatic heterocycles. The Morgan fingerprint density at radius 1 is 1.27 bits per heavy atom. The van der Waals surface area contributed by atoms with Crippen LogP contribution in [-0.4, -0.2) is 72.5 Å². The molecule has 1 saturated heterocycles. The van der Waals surface area contributed by atoms with E-state index in [-0.39, 0.29) is 5.91 Å². The molecule has 2 aromatic heterocycles. The average Bonchev–Trinajstić information content (AvgIpc) is 2.86. The first-order valence-corrected chi connectivity index (χ1v) is 8.25. The van der Waals surface area contributed by atoms with E-state index in [1.165, 1.54) is 4.88 Å². The second kappa shape index (κ2) is 6.18. The van der Waals surface area contributed by atoms with Crippen LogP contribution >= 0.6 is 11.3 Å². The monoisotopic (exact) mass is 319 g/mol. The molecule has 1 amide bonds. The molecule has 1 fully saturated rings. The molecule has 0 aliphatic carbocycles. The van der Waals surface area contributed by atoms with E-state index in [1.54, 1.807) is 17.7 Å². The lowest BCUT2D eigenvalue weighted by Gasteiger charge is -2.36. The number of likely N-dealkylation sites (N-methyl/N-ethyl adjacent to an activating group) is 1. The van der Waals surface area contributed by atoms with Gasteiger partial charge in [-0.3, -0.25) is 4.79 Å². The Labute approximate surface area is 134 Å². The summed E-state index contributed by atoms with van der Waals surface area (Å²) < 4.78 is 0. The van der Waals surface area contributed by atoms with Gasteiger partial charge in [0.25, 0.3) is 0 Å². The van der Waals surface area contributed by atoms with Crippen LogP contribution < -0.4 is 4.90 Å². The van der Waals surface area contributed by atoms with Gasteiger partial charge in [-0.1, -0.05) is 0 Å². The van der Waals surface area contributed by atoms with Gasteiger partial charge in [-0.2, -0.15) is 0 Å². The first kappa shape index (κ1) is 15.2. The van der Waals surface area contributed by atoms with Crippen LogP contribution in [0.4, 0.5) is 5.82 Å². The molecule has 2 aromatic rings. The molecular weight excluding hydrogens is 298 g/mol. The third-order valence-corrected chi connectivity index (χ3v) is 4.77. The molecule has 0 unspecified atom stereocenters. The molecule has 0 N–H and O–H groups in total. The first-order chi connectivity index (χ1) is 10.5. The van der Waals surface area contributed by atoms with Crippen LogP contribution in [0.5, 0.6) is 0 Å². The highest BCUT2D eigenvalue weighted by molar-refractivity contribution is 7.18. The third-order valence-electron chi connectivity index (χ3n) is 3.81. The second-order valence-electron chi connectivity index (χ2n) is 5.88. The first-order valence-electron chi connectivity index (χ1n) is 7.43. The molecule has 0 bridgehead atoms. The number of carbonyl (C=O) groups is 1. The van der Waals surface area contributed by atoms with E-state index in [0.29, 0.717) is 6.54 Å². The molecule has 0 saturated carbocycles. The molecule has 0 atom stereocenters. The molecule has 118 valence electrons. The largest absolute Gasteiger partial charge is 0.352 e. The zero-order valence-electron chi connectivity index (χ0n) is 13.2. The summed E-state index contributed by atoms with van der Waals surface area (Å²) in [6.07, 6.45) is 1.64. The van der Waals surface area contributed by atoms with E-state index >= 15 is 0 Å². The summed E-state index contributed by atoms with van der Waals surface area (Å²) in [4.78, 5) is 29.3. The number of anilines is 1. The normalized spacial score (nSPS) is 15.8. The molecule has 0 spiro atoms. The second-order valence-corrected chi connectivity index (χ2v) is 7.11. The summed E-state index contributed by atoms with van der Waals surface area (Å²) in [6.45, 7) is 5.71. The lowest BCUT2D eigenvalue weighted by molar-refractivity contribution is -0.132. The van der Waals surface area contributed by atoms with Crippen molar-refractivity contribution in [2.45, 2.75) is 6.92 Å². The molecule has 0 radical (unpaired) electrons. The lowest BCUT2D eigenvalue weighted by Crippen LogP contribution is -2.51. The Hall–Kier alpha value is -1.73. The lowest BCUT2D eigenvalue weighted by atomic mass is 10.2. The third kappa shape index (κ3) is 3.05. The van der Waals surface area contributed by atoms with E-state index in [2.05, 4.69) is 27.9 Å². The highest BCUT2D eigenvalue weighted by Crippen LogP contribution is 2.30. The molecule has 0 aromatic carbocycles. The number of hydrogen-bond acceptors (Lipinski definition) is 6. The maximum atomic E-state index is 12.1. The quantitative estimate of drug-likeness (QED) is 0.851. The fraction of sp³-hybridized carbons (Fsp3) is 0.533. The van der Waals surface area contributed by atoms with Crippen molar-refractivity contribution in [2.75, 3.05) is 51.7 Å². The number of aromatic nitrogens is 2. The summed E-state index contributed by atoms with van der Waals surface area (Å²) in [5.41, 5.74) is 0. The van der Waals surface area contributed by atoms with Crippen LogP contribution in [0.2, 0.25) is 0 Å². The highest BCUT2D eigenvalue weighted by Gasteiger charge is 2.23.